The molecule has 4 aromatic rings. The molecular weight excluding hydrogens is 615 g/mol. The van der Waals surface area contributed by atoms with Crippen molar-refractivity contribution in [1.82, 2.24) is 19.4 Å². The molecule has 2 amide bonds. The van der Waals surface area contributed by atoms with Crippen LogP contribution in [0, 0.1) is 6.92 Å². The Morgan fingerprint density at radius 2 is 1.62 bits per heavy atom. The predicted molar refractivity (Wildman–Crippen MR) is 171 cm³/mol. The van der Waals surface area contributed by atoms with E-state index in [1.54, 1.807) is 39.0 Å². The molecule has 0 radical (unpaired) electrons. The van der Waals surface area contributed by atoms with Crippen LogP contribution in [0.4, 0.5) is 23.7 Å². The molecule has 1 fully saturated rings. The van der Waals surface area contributed by atoms with Gasteiger partial charge in [-0.2, -0.15) is 13.2 Å². The van der Waals surface area contributed by atoms with E-state index in [-0.39, 0.29) is 11.7 Å². The van der Waals surface area contributed by atoms with Crippen LogP contribution >= 0.6 is 0 Å². The maximum absolute atomic E-state index is 13.5. The van der Waals surface area contributed by atoms with Gasteiger partial charge in [0.2, 0.25) is 5.88 Å². The fourth-order valence-corrected chi connectivity index (χ4v) is 5.22. The van der Waals surface area contributed by atoms with Crippen molar-refractivity contribution in [2.24, 2.45) is 7.05 Å². The van der Waals surface area contributed by atoms with Gasteiger partial charge in [0.1, 0.15) is 22.8 Å². The lowest BCUT2D eigenvalue weighted by molar-refractivity contribution is -0.153. The van der Waals surface area contributed by atoms with Crippen molar-refractivity contribution < 1.29 is 37.0 Å². The van der Waals surface area contributed by atoms with E-state index in [2.05, 4.69) is 15.2 Å². The maximum atomic E-state index is 13.5. The second-order valence-electron chi connectivity index (χ2n) is 12.5. The largest absolute Gasteiger partial charge is 0.484 e. The number of rotatable bonds is 8. The van der Waals surface area contributed by atoms with Gasteiger partial charge in [-0.1, -0.05) is 12.1 Å². The molecule has 0 bridgehead atoms. The number of pyridine rings is 1. The topological polar surface area (TPSA) is 98.2 Å². The van der Waals surface area contributed by atoms with E-state index in [1.165, 1.54) is 18.3 Å². The van der Waals surface area contributed by atoms with Gasteiger partial charge in [0.25, 0.3) is 5.91 Å². The molecule has 0 aliphatic carbocycles. The first kappa shape index (κ1) is 33.6. The number of piperazine rings is 1. The number of aryl methyl sites for hydroxylation is 2. The molecule has 10 nitrogen and oxygen atoms in total. The number of hydrogen-bond donors (Lipinski definition) is 1. The highest BCUT2D eigenvalue weighted by Crippen LogP contribution is 2.29. The van der Waals surface area contributed by atoms with E-state index in [4.69, 9.17) is 14.2 Å². The van der Waals surface area contributed by atoms with Gasteiger partial charge in [-0.05, 0) is 69.2 Å². The second kappa shape index (κ2) is 13.5. The van der Waals surface area contributed by atoms with Crippen LogP contribution < -0.4 is 14.8 Å². The molecule has 0 unspecified atom stereocenters. The minimum atomic E-state index is -4.38. The molecule has 3 heterocycles. The van der Waals surface area contributed by atoms with E-state index in [0.29, 0.717) is 55.7 Å². The van der Waals surface area contributed by atoms with E-state index < -0.39 is 24.5 Å². The number of ether oxygens (including phenoxy) is 3. The highest BCUT2D eigenvalue weighted by molar-refractivity contribution is 5.99. The number of amides is 2. The average molecular weight is 654 g/mol. The summed E-state index contributed by atoms with van der Waals surface area (Å²) in [4.78, 5) is 34.0. The molecule has 0 saturated carbocycles. The Kier molecular flexibility index (Phi) is 9.66. The molecule has 1 N–H and O–H groups in total. The summed E-state index contributed by atoms with van der Waals surface area (Å²) in [5, 5.41) is 3.59. The molecule has 0 atom stereocenters. The van der Waals surface area contributed by atoms with Crippen LogP contribution in [-0.4, -0.2) is 75.9 Å². The molecule has 250 valence electrons. The molecule has 47 heavy (non-hydrogen) atoms. The number of halogens is 3. The van der Waals surface area contributed by atoms with Gasteiger partial charge in [-0.15, -0.1) is 0 Å². The summed E-state index contributed by atoms with van der Waals surface area (Å²) >= 11 is 0. The zero-order valence-electron chi connectivity index (χ0n) is 27.0. The van der Waals surface area contributed by atoms with Gasteiger partial charge < -0.3 is 23.7 Å². The van der Waals surface area contributed by atoms with Crippen LogP contribution in [0.15, 0.2) is 60.8 Å². The lowest BCUT2D eigenvalue weighted by Crippen LogP contribution is -2.48. The van der Waals surface area contributed by atoms with Crippen molar-refractivity contribution in [3.8, 4) is 17.4 Å². The van der Waals surface area contributed by atoms with Gasteiger partial charge in [0, 0.05) is 57.3 Å². The van der Waals surface area contributed by atoms with Crippen molar-refractivity contribution in [2.45, 2.75) is 46.0 Å². The van der Waals surface area contributed by atoms with E-state index in [9.17, 15) is 22.8 Å². The smallest absolute Gasteiger partial charge is 0.422 e. The Balaban J connectivity index is 1.17. The highest BCUT2D eigenvalue weighted by atomic mass is 19.4. The number of nitrogens with one attached hydrogen (secondary N) is 1. The molecule has 5 rings (SSSR count). The zero-order chi connectivity index (χ0) is 33.9. The Morgan fingerprint density at radius 1 is 0.936 bits per heavy atom. The third kappa shape index (κ3) is 8.94. The molecule has 2 aromatic heterocycles. The number of fused-ring (bicyclic) bond motifs is 1. The van der Waals surface area contributed by atoms with Crippen molar-refractivity contribution in [2.75, 3.05) is 38.1 Å². The summed E-state index contributed by atoms with van der Waals surface area (Å²) in [6, 6.07) is 15.7. The van der Waals surface area contributed by atoms with Gasteiger partial charge in [0.15, 0.2) is 6.61 Å². The maximum Gasteiger partial charge on any atom is 0.422 e. The van der Waals surface area contributed by atoms with E-state index >= 15 is 0 Å². The van der Waals surface area contributed by atoms with Crippen LogP contribution in [0.1, 0.15) is 42.4 Å². The standard InChI is InChI=1S/C34H38F3N5O5/c1-22-16-30(38-19-27(22)39-32(44)47-33(2,3)4)46-26-11-8-24-17-29(40(5)28(24)18-26)31(43)42-14-12-41(13-15-42)20-23-6-9-25(10-7-23)45-21-34(35,36)37/h6-11,16-19H,12-15,20-21H2,1-5H3,(H,39,44). The third-order valence-corrected chi connectivity index (χ3v) is 7.57. The number of hydrogen-bond acceptors (Lipinski definition) is 7. The van der Waals surface area contributed by atoms with E-state index in [1.807, 2.05) is 47.7 Å². The van der Waals surface area contributed by atoms with Crippen molar-refractivity contribution in [1.29, 1.82) is 0 Å². The number of aromatic nitrogens is 2. The number of carbonyl (C=O) groups excluding carboxylic acids is 2. The molecule has 1 saturated heterocycles. The quantitative estimate of drug-likeness (QED) is 0.221. The fourth-order valence-electron chi connectivity index (χ4n) is 5.22. The van der Waals surface area contributed by atoms with Crippen molar-refractivity contribution in [3.05, 3.63) is 77.6 Å². The van der Waals surface area contributed by atoms with Crippen LogP contribution in [0.5, 0.6) is 17.4 Å². The van der Waals surface area contributed by atoms with Gasteiger partial charge >= 0.3 is 12.3 Å². The molecule has 1 aliphatic heterocycles. The van der Waals surface area contributed by atoms with Crippen LogP contribution in [0.25, 0.3) is 10.9 Å². The molecular formula is C34H38F3N5O5. The Morgan fingerprint density at radius 3 is 2.26 bits per heavy atom. The fraction of sp³-hybridized carbons (Fsp3) is 0.382. The average Bonchev–Trinajstić information content (AvgIpc) is 3.32. The Labute approximate surface area is 271 Å². The molecule has 1 aliphatic rings. The van der Waals surface area contributed by atoms with Crippen LogP contribution in [0.2, 0.25) is 0 Å². The first-order valence-electron chi connectivity index (χ1n) is 15.2. The number of benzene rings is 2. The number of nitrogens with zero attached hydrogens (tertiary/aromatic N) is 4. The van der Waals surface area contributed by atoms with E-state index in [0.717, 1.165) is 22.0 Å². The summed E-state index contributed by atoms with van der Waals surface area (Å²) in [5.74, 6) is 1.00. The summed E-state index contributed by atoms with van der Waals surface area (Å²) in [6.07, 6.45) is -3.43. The molecule has 2 aromatic carbocycles. The normalized spacial score (nSPS) is 14.3. The first-order chi connectivity index (χ1) is 22.1. The van der Waals surface area contributed by atoms with Gasteiger partial charge in [-0.3, -0.25) is 15.0 Å². The minimum absolute atomic E-state index is 0.0673. The van der Waals surface area contributed by atoms with Crippen LogP contribution in [-0.2, 0) is 18.3 Å². The summed E-state index contributed by atoms with van der Waals surface area (Å²) in [7, 11) is 1.84. The summed E-state index contributed by atoms with van der Waals surface area (Å²) in [6.45, 7) is 8.92. The van der Waals surface area contributed by atoms with Crippen molar-refractivity contribution >= 4 is 28.6 Å². The third-order valence-electron chi connectivity index (χ3n) is 7.57. The summed E-state index contributed by atoms with van der Waals surface area (Å²) < 4.78 is 55.1. The lowest BCUT2D eigenvalue weighted by Gasteiger charge is -2.34. The predicted octanol–water partition coefficient (Wildman–Crippen LogP) is 6.92. The molecule has 0 spiro atoms. The zero-order valence-corrected chi connectivity index (χ0v) is 27.0. The Bertz CT molecular complexity index is 1740. The number of anilines is 1. The SMILES string of the molecule is Cc1cc(Oc2ccc3cc(C(=O)N4CCN(Cc5ccc(OCC(F)(F)F)cc5)CC4)n(C)c3c2)ncc1NC(=O)OC(C)(C)C. The minimum Gasteiger partial charge on any atom is -0.484 e. The lowest BCUT2D eigenvalue weighted by atomic mass is 10.2. The highest BCUT2D eigenvalue weighted by Gasteiger charge is 2.28. The Hall–Kier alpha value is -4.78. The second-order valence-corrected chi connectivity index (χ2v) is 12.5. The monoisotopic (exact) mass is 653 g/mol. The number of alkyl halides is 3. The van der Waals surface area contributed by atoms with Gasteiger partial charge in [-0.25, -0.2) is 9.78 Å². The first-order valence-corrected chi connectivity index (χ1v) is 15.2. The van der Waals surface area contributed by atoms with Crippen molar-refractivity contribution in [3.63, 3.8) is 0 Å². The molecule has 13 heteroatoms. The number of carbonyl (C=O) groups is 2. The van der Waals surface area contributed by atoms with Crippen LogP contribution in [0.3, 0.4) is 0 Å². The summed E-state index contributed by atoms with van der Waals surface area (Å²) in [5.41, 5.74) is 2.99. The van der Waals surface area contributed by atoms with Gasteiger partial charge in [0.05, 0.1) is 17.4 Å².